The summed E-state index contributed by atoms with van der Waals surface area (Å²) < 4.78 is 7.61. The Kier molecular flexibility index (Phi) is 4.50. The maximum absolute atomic E-state index is 13.3. The number of para-hydroxylation sites is 1. The van der Waals surface area contributed by atoms with Gasteiger partial charge in [-0.15, -0.1) is 0 Å². The van der Waals surface area contributed by atoms with E-state index in [0.717, 1.165) is 35.8 Å². The van der Waals surface area contributed by atoms with Gasteiger partial charge in [0.05, 0.1) is 12.6 Å². The number of rotatable bonds is 3. The number of benzene rings is 2. The van der Waals surface area contributed by atoms with E-state index in [2.05, 4.69) is 39.8 Å². The lowest BCUT2D eigenvalue weighted by Gasteiger charge is -2.41. The Morgan fingerprint density at radius 3 is 2.64 bits per heavy atom. The lowest BCUT2D eigenvalue weighted by molar-refractivity contribution is -0.134. The van der Waals surface area contributed by atoms with Crippen molar-refractivity contribution in [2.24, 2.45) is 11.8 Å². The highest BCUT2D eigenvalue weighted by Gasteiger charge is 2.33. The molecule has 4 heteroatoms. The van der Waals surface area contributed by atoms with Crippen molar-refractivity contribution in [3.05, 3.63) is 42.5 Å². The quantitative estimate of drug-likeness (QED) is 0.655. The normalized spacial score (nSPS) is 22.4. The van der Waals surface area contributed by atoms with Crippen LogP contribution in [0.2, 0.25) is 0 Å². The minimum atomic E-state index is 0.245. The number of aromatic nitrogens is 1. The molecule has 28 heavy (non-hydrogen) atoms. The largest absolute Gasteiger partial charge is 0.497 e. The molecule has 1 saturated carbocycles. The van der Waals surface area contributed by atoms with Crippen molar-refractivity contribution in [3.8, 4) is 5.75 Å². The van der Waals surface area contributed by atoms with Gasteiger partial charge in [0, 0.05) is 35.4 Å². The molecule has 0 bridgehead atoms. The van der Waals surface area contributed by atoms with Crippen molar-refractivity contribution in [2.45, 2.75) is 38.6 Å². The van der Waals surface area contributed by atoms with E-state index >= 15 is 0 Å². The first-order valence-electron chi connectivity index (χ1n) is 10.6. The minimum absolute atomic E-state index is 0.245. The molecule has 146 valence electrons. The lowest BCUT2D eigenvalue weighted by atomic mass is 9.75. The van der Waals surface area contributed by atoms with Gasteiger partial charge >= 0.3 is 0 Å². The second-order valence-corrected chi connectivity index (χ2v) is 8.42. The molecule has 3 aromatic rings. The number of ether oxygens (including phenoxy) is 1. The Morgan fingerprint density at radius 1 is 1.00 bits per heavy atom. The second kappa shape index (κ2) is 7.16. The molecule has 1 amide bonds. The van der Waals surface area contributed by atoms with Crippen LogP contribution in [-0.2, 0) is 11.3 Å². The Bertz CT molecular complexity index is 1020. The van der Waals surface area contributed by atoms with Crippen LogP contribution in [0.1, 0.15) is 32.1 Å². The van der Waals surface area contributed by atoms with Crippen LogP contribution in [0, 0.1) is 11.8 Å². The molecule has 0 radical (unpaired) electrons. The van der Waals surface area contributed by atoms with Crippen LogP contribution in [0.4, 0.5) is 0 Å². The van der Waals surface area contributed by atoms with Gasteiger partial charge in [-0.2, -0.15) is 0 Å². The molecule has 1 aromatic heterocycles. The van der Waals surface area contributed by atoms with Gasteiger partial charge in [0.25, 0.3) is 0 Å². The number of fused-ring (bicyclic) bond motifs is 4. The predicted molar refractivity (Wildman–Crippen MR) is 113 cm³/mol. The summed E-state index contributed by atoms with van der Waals surface area (Å²) in [7, 11) is 1.69. The first-order valence-corrected chi connectivity index (χ1v) is 10.6. The summed E-state index contributed by atoms with van der Waals surface area (Å²) in [5, 5.41) is 2.37. The van der Waals surface area contributed by atoms with Crippen molar-refractivity contribution in [1.29, 1.82) is 0 Å². The lowest BCUT2D eigenvalue weighted by Crippen LogP contribution is -2.45. The Hall–Kier alpha value is -2.49. The first kappa shape index (κ1) is 17.6. The number of likely N-dealkylation sites (tertiary alicyclic amines) is 1. The van der Waals surface area contributed by atoms with Gasteiger partial charge in [-0.3, -0.25) is 4.79 Å². The molecule has 1 aliphatic carbocycles. The molecule has 2 aromatic carbocycles. The summed E-state index contributed by atoms with van der Waals surface area (Å²) in [4.78, 5) is 15.4. The number of carbonyl (C=O) groups excluding carboxylic acids is 1. The van der Waals surface area contributed by atoms with Crippen LogP contribution in [0.5, 0.6) is 5.75 Å². The summed E-state index contributed by atoms with van der Waals surface area (Å²) in [5.41, 5.74) is 2.19. The molecule has 2 heterocycles. The third-order valence-corrected chi connectivity index (χ3v) is 6.92. The van der Waals surface area contributed by atoms with Gasteiger partial charge < -0.3 is 14.2 Å². The molecule has 5 rings (SSSR count). The number of nitrogens with zero attached hydrogens (tertiary/aromatic N) is 2. The number of hydrogen-bond donors (Lipinski definition) is 0. The fraction of sp³-hybridized carbons (Fsp3) is 0.458. The van der Waals surface area contributed by atoms with Gasteiger partial charge in [0.15, 0.2) is 0 Å². The molecule has 2 atom stereocenters. The number of carbonyl (C=O) groups is 1. The van der Waals surface area contributed by atoms with Crippen LogP contribution < -0.4 is 4.74 Å². The monoisotopic (exact) mass is 376 g/mol. The van der Waals surface area contributed by atoms with Crippen molar-refractivity contribution in [1.82, 2.24) is 9.47 Å². The molecule has 0 spiro atoms. The molecule has 1 saturated heterocycles. The zero-order chi connectivity index (χ0) is 19.1. The molecular weight excluding hydrogens is 348 g/mol. The van der Waals surface area contributed by atoms with Crippen LogP contribution in [0.15, 0.2) is 42.5 Å². The molecule has 0 unspecified atom stereocenters. The average Bonchev–Trinajstić information content (AvgIpc) is 3.06. The van der Waals surface area contributed by atoms with Crippen LogP contribution in [0.25, 0.3) is 21.8 Å². The van der Waals surface area contributed by atoms with Gasteiger partial charge in [0.2, 0.25) is 5.91 Å². The van der Waals surface area contributed by atoms with Crippen LogP contribution in [-0.4, -0.2) is 35.6 Å². The number of amides is 1. The van der Waals surface area contributed by atoms with E-state index in [0.29, 0.717) is 12.5 Å². The van der Waals surface area contributed by atoms with E-state index in [1.807, 2.05) is 12.1 Å². The third kappa shape index (κ3) is 2.95. The topological polar surface area (TPSA) is 34.5 Å². The second-order valence-electron chi connectivity index (χ2n) is 8.42. The highest BCUT2D eigenvalue weighted by molar-refractivity contribution is 6.09. The van der Waals surface area contributed by atoms with Gasteiger partial charge in [-0.1, -0.05) is 37.5 Å². The van der Waals surface area contributed by atoms with Crippen molar-refractivity contribution in [3.63, 3.8) is 0 Å². The zero-order valence-corrected chi connectivity index (χ0v) is 16.6. The summed E-state index contributed by atoms with van der Waals surface area (Å²) in [6, 6.07) is 14.5. The third-order valence-electron chi connectivity index (χ3n) is 6.92. The molecule has 1 aliphatic heterocycles. The SMILES string of the molecule is COc1ccc2c3ccccc3n(CC(=O)N3CC[C@@H]4CCCC[C@@H]4C3)c2c1. The van der Waals surface area contributed by atoms with E-state index < -0.39 is 0 Å². The summed E-state index contributed by atoms with van der Waals surface area (Å²) in [6.07, 6.45) is 6.53. The van der Waals surface area contributed by atoms with Crippen molar-refractivity contribution < 1.29 is 9.53 Å². The van der Waals surface area contributed by atoms with Crippen molar-refractivity contribution in [2.75, 3.05) is 20.2 Å². The molecule has 0 N–H and O–H groups in total. The maximum atomic E-state index is 13.3. The van der Waals surface area contributed by atoms with E-state index in [-0.39, 0.29) is 5.91 Å². The fourth-order valence-corrected chi connectivity index (χ4v) is 5.39. The van der Waals surface area contributed by atoms with Crippen molar-refractivity contribution >= 4 is 27.7 Å². The highest BCUT2D eigenvalue weighted by atomic mass is 16.5. The number of methoxy groups -OCH3 is 1. The van der Waals surface area contributed by atoms with E-state index in [4.69, 9.17) is 4.74 Å². The summed E-state index contributed by atoms with van der Waals surface area (Å²) >= 11 is 0. The summed E-state index contributed by atoms with van der Waals surface area (Å²) in [6.45, 7) is 2.26. The average molecular weight is 377 g/mol. The Morgan fingerprint density at radius 2 is 1.79 bits per heavy atom. The Balaban J connectivity index is 1.47. The van der Waals surface area contributed by atoms with E-state index in [1.165, 1.54) is 42.9 Å². The summed E-state index contributed by atoms with van der Waals surface area (Å²) in [5.74, 6) is 2.63. The number of piperidine rings is 1. The standard InChI is InChI=1S/C24H28N2O2/c1-28-19-10-11-21-20-8-4-5-9-22(20)26(23(21)14-19)16-24(27)25-13-12-17-6-2-3-7-18(17)15-25/h4-5,8-11,14,17-18H,2-3,6-7,12-13,15-16H2,1H3/t17-,18+/m0/s1. The van der Waals surface area contributed by atoms with Gasteiger partial charge in [0.1, 0.15) is 12.3 Å². The molecule has 4 nitrogen and oxygen atoms in total. The van der Waals surface area contributed by atoms with Gasteiger partial charge in [-0.25, -0.2) is 0 Å². The minimum Gasteiger partial charge on any atom is -0.497 e. The molecular formula is C24H28N2O2. The fourth-order valence-electron chi connectivity index (χ4n) is 5.39. The molecule has 2 fully saturated rings. The van der Waals surface area contributed by atoms with Gasteiger partial charge in [-0.05, 0) is 42.9 Å². The zero-order valence-electron chi connectivity index (χ0n) is 16.6. The number of hydrogen-bond acceptors (Lipinski definition) is 2. The molecule has 2 aliphatic rings. The van der Waals surface area contributed by atoms with Crippen LogP contribution >= 0.6 is 0 Å². The highest BCUT2D eigenvalue weighted by Crippen LogP contribution is 2.36. The first-order chi connectivity index (χ1) is 13.7. The Labute approximate surface area is 166 Å². The van der Waals surface area contributed by atoms with E-state index in [1.54, 1.807) is 7.11 Å². The van der Waals surface area contributed by atoms with E-state index in [9.17, 15) is 4.79 Å². The smallest absolute Gasteiger partial charge is 0.242 e. The van der Waals surface area contributed by atoms with Crippen LogP contribution in [0.3, 0.4) is 0 Å². The predicted octanol–water partition coefficient (Wildman–Crippen LogP) is 4.84. The maximum Gasteiger partial charge on any atom is 0.242 e.